The molecule has 0 atom stereocenters. The average Bonchev–Trinajstić information content (AvgIpc) is 3.43. The van der Waals surface area contributed by atoms with E-state index in [2.05, 4.69) is 19.9 Å². The zero-order chi connectivity index (χ0) is 20.3. The highest BCUT2D eigenvalue weighted by molar-refractivity contribution is 5.92. The van der Waals surface area contributed by atoms with E-state index in [1.807, 2.05) is 59.5 Å². The molecular weight excluding hydrogens is 376 g/mol. The van der Waals surface area contributed by atoms with Crippen molar-refractivity contribution in [2.75, 3.05) is 0 Å². The Labute approximate surface area is 174 Å². The molecule has 1 N–H and O–H groups in total. The Morgan fingerprint density at radius 2 is 1.87 bits per heavy atom. The van der Waals surface area contributed by atoms with Crippen LogP contribution in [-0.2, 0) is 19.5 Å². The van der Waals surface area contributed by atoms with Gasteiger partial charge in [0.05, 0.1) is 11.4 Å². The summed E-state index contributed by atoms with van der Waals surface area (Å²) < 4.78 is 3.93. The minimum Gasteiger partial charge on any atom is -0.346 e. The van der Waals surface area contributed by atoms with E-state index in [-0.39, 0.29) is 5.91 Å². The Hall–Kier alpha value is -3.74. The van der Waals surface area contributed by atoms with Crippen molar-refractivity contribution in [3.05, 3.63) is 84.3 Å². The van der Waals surface area contributed by atoms with Gasteiger partial charge in [-0.15, -0.1) is 0 Å². The van der Waals surface area contributed by atoms with Crippen LogP contribution >= 0.6 is 0 Å². The summed E-state index contributed by atoms with van der Waals surface area (Å²) in [4.78, 5) is 21.4. The lowest BCUT2D eigenvalue weighted by Gasteiger charge is -2.11. The van der Waals surface area contributed by atoms with Crippen molar-refractivity contribution in [2.45, 2.75) is 32.4 Å². The number of fused-ring (bicyclic) bond motifs is 1. The third kappa shape index (κ3) is 3.61. The maximum absolute atomic E-state index is 12.7. The number of hydrogen-bond donors (Lipinski definition) is 1. The second-order valence-corrected chi connectivity index (χ2v) is 7.39. The number of nitrogens with one attached hydrogen (secondary N) is 1. The summed E-state index contributed by atoms with van der Waals surface area (Å²) in [7, 11) is 0. The minimum atomic E-state index is -0.162. The normalized spacial score (nSPS) is 13.1. The van der Waals surface area contributed by atoms with Crippen molar-refractivity contribution >= 4 is 5.91 Å². The monoisotopic (exact) mass is 398 g/mol. The van der Waals surface area contributed by atoms with Gasteiger partial charge in [-0.1, -0.05) is 18.2 Å². The summed E-state index contributed by atoms with van der Waals surface area (Å²) in [6.45, 7) is 1.30. The van der Waals surface area contributed by atoms with Gasteiger partial charge in [0.2, 0.25) is 0 Å². The topological polar surface area (TPSA) is 77.6 Å². The van der Waals surface area contributed by atoms with Gasteiger partial charge in [0.1, 0.15) is 11.5 Å². The van der Waals surface area contributed by atoms with Crippen LogP contribution in [0.5, 0.6) is 0 Å². The minimum absolute atomic E-state index is 0.162. The second kappa shape index (κ2) is 7.94. The Morgan fingerprint density at radius 3 is 2.67 bits per heavy atom. The van der Waals surface area contributed by atoms with E-state index in [0.29, 0.717) is 12.2 Å². The number of nitrogens with zero attached hydrogens (tertiary/aromatic N) is 5. The molecule has 0 bridgehead atoms. The first kappa shape index (κ1) is 18.3. The highest BCUT2D eigenvalue weighted by atomic mass is 16.1. The lowest BCUT2D eigenvalue weighted by Crippen LogP contribution is -2.23. The number of pyridine rings is 1. The molecule has 150 valence electrons. The molecule has 0 spiro atoms. The number of aromatic nitrogens is 5. The van der Waals surface area contributed by atoms with Gasteiger partial charge in [0.25, 0.3) is 5.91 Å². The molecule has 1 aliphatic heterocycles. The van der Waals surface area contributed by atoms with Crippen LogP contribution in [0.2, 0.25) is 0 Å². The van der Waals surface area contributed by atoms with Crippen LogP contribution in [0.15, 0.2) is 67.3 Å². The van der Waals surface area contributed by atoms with E-state index in [1.54, 1.807) is 12.4 Å². The summed E-state index contributed by atoms with van der Waals surface area (Å²) in [6, 6.07) is 13.8. The van der Waals surface area contributed by atoms with Crippen molar-refractivity contribution in [1.82, 2.24) is 29.6 Å². The summed E-state index contributed by atoms with van der Waals surface area (Å²) in [5.41, 5.74) is 4.16. The molecule has 7 nitrogen and oxygen atoms in total. The molecule has 0 saturated carbocycles. The number of para-hydroxylation sites is 1. The molecule has 0 unspecified atom stereocenters. The Balaban J connectivity index is 1.41. The van der Waals surface area contributed by atoms with E-state index in [9.17, 15) is 4.79 Å². The Morgan fingerprint density at radius 1 is 1.03 bits per heavy atom. The first-order valence-electron chi connectivity index (χ1n) is 10.2. The number of benzene rings is 1. The van der Waals surface area contributed by atoms with Crippen LogP contribution in [0.4, 0.5) is 0 Å². The van der Waals surface area contributed by atoms with E-state index in [0.717, 1.165) is 54.1 Å². The molecule has 1 amide bonds. The van der Waals surface area contributed by atoms with Crippen LogP contribution < -0.4 is 5.32 Å². The summed E-state index contributed by atoms with van der Waals surface area (Å²) in [5, 5.41) is 7.79. The molecular formula is C23H22N6O. The number of carbonyl (C=O) groups is 1. The maximum atomic E-state index is 12.7. The lowest BCUT2D eigenvalue weighted by atomic mass is 10.1. The smallest absolute Gasteiger partial charge is 0.271 e. The molecule has 5 rings (SSSR count). The Bertz CT molecular complexity index is 1140. The summed E-state index contributed by atoms with van der Waals surface area (Å²) in [6.07, 6.45) is 10.5. The lowest BCUT2D eigenvalue weighted by molar-refractivity contribution is 0.0946. The number of imidazole rings is 1. The maximum Gasteiger partial charge on any atom is 0.271 e. The number of aryl methyl sites for hydroxylation is 2. The predicted octanol–water partition coefficient (Wildman–Crippen LogP) is 3.40. The van der Waals surface area contributed by atoms with Crippen LogP contribution in [0.3, 0.4) is 0 Å². The van der Waals surface area contributed by atoms with Crippen molar-refractivity contribution in [3.63, 3.8) is 0 Å². The van der Waals surface area contributed by atoms with Crippen LogP contribution in [0.1, 0.15) is 34.7 Å². The molecule has 0 saturated heterocycles. The zero-order valence-electron chi connectivity index (χ0n) is 16.5. The van der Waals surface area contributed by atoms with E-state index in [4.69, 9.17) is 5.10 Å². The SMILES string of the molecule is O=C(NCc1cn(-c2ccccc2)nc1-c1ccncc1)c1cn2c(n1)CCCC2. The van der Waals surface area contributed by atoms with Gasteiger partial charge in [-0.05, 0) is 37.1 Å². The van der Waals surface area contributed by atoms with Crippen molar-refractivity contribution in [3.8, 4) is 16.9 Å². The van der Waals surface area contributed by atoms with Crippen molar-refractivity contribution in [2.24, 2.45) is 0 Å². The van der Waals surface area contributed by atoms with Gasteiger partial charge in [-0.2, -0.15) is 5.10 Å². The molecule has 4 heterocycles. The molecule has 1 aliphatic rings. The van der Waals surface area contributed by atoms with E-state index < -0.39 is 0 Å². The molecule has 4 aromatic rings. The van der Waals surface area contributed by atoms with Crippen LogP contribution in [0, 0.1) is 0 Å². The summed E-state index contributed by atoms with van der Waals surface area (Å²) in [5.74, 6) is 0.839. The highest BCUT2D eigenvalue weighted by Gasteiger charge is 2.18. The number of carbonyl (C=O) groups excluding carboxylic acids is 1. The van der Waals surface area contributed by atoms with Gasteiger partial charge < -0.3 is 9.88 Å². The van der Waals surface area contributed by atoms with Gasteiger partial charge >= 0.3 is 0 Å². The molecule has 0 aliphatic carbocycles. The quantitative estimate of drug-likeness (QED) is 0.559. The largest absolute Gasteiger partial charge is 0.346 e. The van der Waals surface area contributed by atoms with Crippen molar-refractivity contribution < 1.29 is 4.79 Å². The first-order valence-corrected chi connectivity index (χ1v) is 10.2. The third-order valence-corrected chi connectivity index (χ3v) is 5.35. The van der Waals surface area contributed by atoms with E-state index in [1.165, 1.54) is 0 Å². The molecule has 0 fully saturated rings. The Kier molecular flexibility index (Phi) is 4.85. The number of hydrogen-bond acceptors (Lipinski definition) is 4. The predicted molar refractivity (Wildman–Crippen MR) is 113 cm³/mol. The zero-order valence-corrected chi connectivity index (χ0v) is 16.5. The van der Waals surface area contributed by atoms with E-state index >= 15 is 0 Å². The van der Waals surface area contributed by atoms with Gasteiger partial charge in [0, 0.05) is 55.4 Å². The molecule has 3 aromatic heterocycles. The van der Waals surface area contributed by atoms with Gasteiger partial charge in [0.15, 0.2) is 0 Å². The van der Waals surface area contributed by atoms with Crippen molar-refractivity contribution in [1.29, 1.82) is 0 Å². The fourth-order valence-corrected chi connectivity index (χ4v) is 3.79. The van der Waals surface area contributed by atoms with Gasteiger partial charge in [-0.3, -0.25) is 9.78 Å². The first-order chi connectivity index (χ1) is 14.8. The standard InChI is InChI=1S/C23H22N6O/c30-23(20-16-28-13-5-4-8-21(28)26-20)25-14-18-15-29(19-6-2-1-3-7-19)27-22(18)17-9-11-24-12-10-17/h1-3,6-7,9-12,15-16H,4-5,8,13-14H2,(H,25,30). The molecule has 0 radical (unpaired) electrons. The second-order valence-electron chi connectivity index (χ2n) is 7.39. The van der Waals surface area contributed by atoms with Crippen LogP contribution in [0.25, 0.3) is 16.9 Å². The summed E-state index contributed by atoms with van der Waals surface area (Å²) >= 11 is 0. The molecule has 1 aromatic carbocycles. The fourth-order valence-electron chi connectivity index (χ4n) is 3.79. The van der Waals surface area contributed by atoms with Gasteiger partial charge in [-0.25, -0.2) is 9.67 Å². The number of rotatable bonds is 5. The average molecular weight is 398 g/mol. The molecule has 7 heteroatoms. The third-order valence-electron chi connectivity index (χ3n) is 5.35. The van der Waals surface area contributed by atoms with Crippen LogP contribution in [-0.4, -0.2) is 30.2 Å². The molecule has 30 heavy (non-hydrogen) atoms. The fraction of sp³-hybridized carbons (Fsp3) is 0.217. The highest BCUT2D eigenvalue weighted by Crippen LogP contribution is 2.23. The number of amides is 1.